The summed E-state index contributed by atoms with van der Waals surface area (Å²) < 4.78 is 3.20. The summed E-state index contributed by atoms with van der Waals surface area (Å²) >= 11 is 5.37. The van der Waals surface area contributed by atoms with E-state index in [1.807, 2.05) is 0 Å². The number of nitrogens with zero attached hydrogens (tertiary/aromatic N) is 1. The lowest BCUT2D eigenvalue weighted by molar-refractivity contribution is 0.356. The minimum atomic E-state index is 0.546. The van der Waals surface area contributed by atoms with Gasteiger partial charge in [0.15, 0.2) is 4.77 Å². The third kappa shape index (κ3) is 2.24. The van der Waals surface area contributed by atoms with E-state index in [0.717, 1.165) is 23.2 Å². The number of hydrogen-bond acceptors (Lipinski definition) is 1. The van der Waals surface area contributed by atoms with E-state index >= 15 is 0 Å². The normalized spacial score (nSPS) is 25.5. The summed E-state index contributed by atoms with van der Waals surface area (Å²) in [5.41, 5.74) is 1.35. The van der Waals surface area contributed by atoms with Crippen molar-refractivity contribution in [1.82, 2.24) is 9.55 Å². The summed E-state index contributed by atoms with van der Waals surface area (Å²) in [6, 6.07) is 0. The number of nitrogens with one attached hydrogen (secondary N) is 1. The molecule has 2 rings (SSSR count). The first kappa shape index (κ1) is 11.9. The highest BCUT2D eigenvalue weighted by Gasteiger charge is 2.24. The lowest BCUT2D eigenvalue weighted by Crippen LogP contribution is -2.15. The molecular formula is C13H22N2S. The minimum Gasteiger partial charge on any atom is -0.337 e. The molecule has 3 heteroatoms. The molecule has 1 fully saturated rings. The third-order valence-electron chi connectivity index (χ3n) is 3.95. The van der Waals surface area contributed by atoms with Crippen molar-refractivity contribution < 1.29 is 0 Å². The van der Waals surface area contributed by atoms with Crippen LogP contribution in [0.2, 0.25) is 0 Å². The van der Waals surface area contributed by atoms with Crippen molar-refractivity contribution in [1.29, 1.82) is 0 Å². The number of hydrogen-bond donors (Lipinski definition) is 1. The summed E-state index contributed by atoms with van der Waals surface area (Å²) in [5.74, 6) is 2.22. The van der Waals surface area contributed by atoms with Crippen LogP contribution < -0.4 is 0 Å². The van der Waals surface area contributed by atoms with Crippen LogP contribution >= 0.6 is 12.2 Å². The molecule has 16 heavy (non-hydrogen) atoms. The van der Waals surface area contributed by atoms with E-state index in [1.165, 1.54) is 25.0 Å². The van der Waals surface area contributed by atoms with Gasteiger partial charge in [0.25, 0.3) is 0 Å². The number of aromatic amines is 1. The molecule has 0 amide bonds. The molecule has 0 spiro atoms. The average Bonchev–Trinajstić information content (AvgIpc) is 2.76. The number of H-pyrrole nitrogens is 1. The van der Waals surface area contributed by atoms with Gasteiger partial charge in [-0.15, -0.1) is 0 Å². The molecule has 0 radical (unpaired) electrons. The van der Waals surface area contributed by atoms with E-state index in [0.29, 0.717) is 5.92 Å². The molecule has 0 bridgehead atoms. The second-order valence-corrected chi connectivity index (χ2v) is 5.84. The van der Waals surface area contributed by atoms with Gasteiger partial charge in [0, 0.05) is 18.4 Å². The van der Waals surface area contributed by atoms with Crippen LogP contribution in [0.15, 0.2) is 6.20 Å². The molecule has 2 atom stereocenters. The van der Waals surface area contributed by atoms with Crippen molar-refractivity contribution >= 4 is 12.2 Å². The molecule has 1 aromatic rings. The first-order valence-electron chi connectivity index (χ1n) is 6.37. The average molecular weight is 238 g/mol. The van der Waals surface area contributed by atoms with Gasteiger partial charge in [-0.1, -0.05) is 33.6 Å². The van der Waals surface area contributed by atoms with Crippen LogP contribution in [0.5, 0.6) is 0 Å². The van der Waals surface area contributed by atoms with E-state index in [9.17, 15) is 0 Å². The van der Waals surface area contributed by atoms with Crippen LogP contribution in [0.1, 0.15) is 51.6 Å². The van der Waals surface area contributed by atoms with Crippen molar-refractivity contribution in [2.24, 2.45) is 11.8 Å². The van der Waals surface area contributed by atoms with Gasteiger partial charge in [0.1, 0.15) is 0 Å². The van der Waals surface area contributed by atoms with Crippen molar-refractivity contribution in [3.8, 4) is 0 Å². The van der Waals surface area contributed by atoms with Crippen molar-refractivity contribution in [3.05, 3.63) is 16.7 Å². The maximum atomic E-state index is 5.37. The Bertz CT molecular complexity index is 402. The van der Waals surface area contributed by atoms with E-state index in [4.69, 9.17) is 12.2 Å². The predicted molar refractivity (Wildman–Crippen MR) is 70.2 cm³/mol. The molecule has 0 saturated heterocycles. The highest BCUT2D eigenvalue weighted by atomic mass is 32.1. The van der Waals surface area contributed by atoms with Crippen LogP contribution in [-0.2, 0) is 6.54 Å². The lowest BCUT2D eigenvalue weighted by Gasteiger charge is -2.18. The van der Waals surface area contributed by atoms with E-state index in [2.05, 4.69) is 36.5 Å². The zero-order chi connectivity index (χ0) is 11.7. The fourth-order valence-electron chi connectivity index (χ4n) is 2.80. The van der Waals surface area contributed by atoms with E-state index in [1.54, 1.807) is 0 Å². The Morgan fingerprint density at radius 2 is 2.25 bits per heavy atom. The monoisotopic (exact) mass is 238 g/mol. The fraction of sp³-hybridized carbons (Fsp3) is 0.769. The van der Waals surface area contributed by atoms with Gasteiger partial charge < -0.3 is 9.55 Å². The molecule has 0 aliphatic heterocycles. The van der Waals surface area contributed by atoms with Crippen LogP contribution in [0, 0.1) is 16.6 Å². The van der Waals surface area contributed by atoms with Crippen molar-refractivity contribution in [3.63, 3.8) is 0 Å². The van der Waals surface area contributed by atoms with Gasteiger partial charge in [0.05, 0.1) is 0 Å². The third-order valence-corrected chi connectivity index (χ3v) is 4.29. The Kier molecular flexibility index (Phi) is 3.53. The zero-order valence-electron chi connectivity index (χ0n) is 10.5. The van der Waals surface area contributed by atoms with Crippen LogP contribution in [0.3, 0.4) is 0 Å². The molecule has 2 nitrogen and oxygen atoms in total. The maximum absolute atomic E-state index is 5.37. The first-order chi connectivity index (χ1) is 7.59. The van der Waals surface area contributed by atoms with Gasteiger partial charge in [0.2, 0.25) is 0 Å². The molecule has 1 aliphatic carbocycles. The molecule has 1 aromatic heterocycles. The maximum Gasteiger partial charge on any atom is 0.177 e. The molecule has 90 valence electrons. The summed E-state index contributed by atoms with van der Waals surface area (Å²) in [6.45, 7) is 7.94. The molecular weight excluding hydrogens is 216 g/mol. The Morgan fingerprint density at radius 3 is 2.81 bits per heavy atom. The minimum absolute atomic E-state index is 0.546. The van der Waals surface area contributed by atoms with Gasteiger partial charge in [-0.05, 0) is 36.4 Å². The molecule has 2 unspecified atom stereocenters. The standard InChI is InChI=1S/C13H22N2S/c1-9(2)12-7-14-13(16)15(12)8-11-6-4-5-10(11)3/h7,9-11H,4-6,8H2,1-3H3,(H,14,16). The summed E-state index contributed by atoms with van der Waals surface area (Å²) in [4.78, 5) is 3.19. The molecule has 1 saturated carbocycles. The Balaban J connectivity index is 2.20. The van der Waals surface area contributed by atoms with Crippen LogP contribution in [-0.4, -0.2) is 9.55 Å². The second kappa shape index (κ2) is 4.74. The SMILES string of the molecule is CC(C)c1c[nH]c(=S)n1CC1CCCC1C. The Labute approximate surface area is 103 Å². The Hall–Kier alpha value is -0.570. The Morgan fingerprint density at radius 1 is 1.50 bits per heavy atom. The summed E-state index contributed by atoms with van der Waals surface area (Å²) in [5, 5.41) is 0. The predicted octanol–water partition coefficient (Wildman–Crippen LogP) is 4.11. The molecule has 0 aromatic carbocycles. The fourth-order valence-corrected chi connectivity index (χ4v) is 3.04. The first-order valence-corrected chi connectivity index (χ1v) is 6.78. The molecule has 1 heterocycles. The van der Waals surface area contributed by atoms with E-state index in [-0.39, 0.29) is 0 Å². The summed E-state index contributed by atoms with van der Waals surface area (Å²) in [6.07, 6.45) is 6.22. The van der Waals surface area contributed by atoms with E-state index < -0.39 is 0 Å². The van der Waals surface area contributed by atoms with Gasteiger partial charge in [-0.3, -0.25) is 0 Å². The summed E-state index contributed by atoms with van der Waals surface area (Å²) in [7, 11) is 0. The van der Waals surface area contributed by atoms with Crippen LogP contribution in [0.25, 0.3) is 0 Å². The number of rotatable bonds is 3. The quantitative estimate of drug-likeness (QED) is 0.786. The lowest BCUT2D eigenvalue weighted by atomic mass is 9.98. The van der Waals surface area contributed by atoms with Crippen molar-refractivity contribution in [2.75, 3.05) is 0 Å². The number of aromatic nitrogens is 2. The molecule has 1 N–H and O–H groups in total. The smallest absolute Gasteiger partial charge is 0.177 e. The topological polar surface area (TPSA) is 20.7 Å². The van der Waals surface area contributed by atoms with Gasteiger partial charge in [-0.2, -0.15) is 0 Å². The highest BCUT2D eigenvalue weighted by molar-refractivity contribution is 7.71. The van der Waals surface area contributed by atoms with Crippen molar-refractivity contribution in [2.45, 2.75) is 52.5 Å². The van der Waals surface area contributed by atoms with Gasteiger partial charge >= 0.3 is 0 Å². The second-order valence-electron chi connectivity index (χ2n) is 5.45. The highest BCUT2D eigenvalue weighted by Crippen LogP contribution is 2.33. The zero-order valence-corrected chi connectivity index (χ0v) is 11.3. The van der Waals surface area contributed by atoms with Gasteiger partial charge in [-0.25, -0.2) is 0 Å². The number of imidazole rings is 1. The largest absolute Gasteiger partial charge is 0.337 e. The molecule has 1 aliphatic rings. The van der Waals surface area contributed by atoms with Crippen LogP contribution in [0.4, 0.5) is 0 Å².